The zero-order valence-electron chi connectivity index (χ0n) is 12.0. The van der Waals surface area contributed by atoms with Gasteiger partial charge in [0.15, 0.2) is 0 Å². The molecule has 0 spiro atoms. The van der Waals surface area contributed by atoms with E-state index >= 15 is 0 Å². The second-order valence-electron chi connectivity index (χ2n) is 4.81. The average Bonchev–Trinajstić information content (AvgIpc) is 2.78. The maximum absolute atomic E-state index is 10.1. The van der Waals surface area contributed by atoms with E-state index in [0.717, 1.165) is 29.1 Å². The van der Waals surface area contributed by atoms with E-state index in [1.165, 1.54) is 5.57 Å². The minimum Gasteiger partial charge on any atom is -0.388 e. The van der Waals surface area contributed by atoms with Crippen molar-refractivity contribution < 1.29 is 5.11 Å². The lowest BCUT2D eigenvalue weighted by molar-refractivity contribution is 0.215. The molecule has 0 amide bonds. The van der Waals surface area contributed by atoms with Crippen LogP contribution < -0.4 is 0 Å². The average molecular weight is 277 g/mol. The van der Waals surface area contributed by atoms with Crippen molar-refractivity contribution in [2.75, 3.05) is 0 Å². The van der Waals surface area contributed by atoms with Crippen molar-refractivity contribution in [3.63, 3.8) is 0 Å². The molecule has 0 aliphatic rings. The Kier molecular flexibility index (Phi) is 6.74. The van der Waals surface area contributed by atoms with Crippen LogP contribution in [0.15, 0.2) is 35.3 Å². The highest BCUT2D eigenvalue weighted by Crippen LogP contribution is 2.16. The van der Waals surface area contributed by atoms with E-state index in [4.69, 9.17) is 0 Å². The van der Waals surface area contributed by atoms with Crippen LogP contribution in [0.5, 0.6) is 0 Å². The summed E-state index contributed by atoms with van der Waals surface area (Å²) >= 11 is 1.63. The molecule has 0 saturated carbocycles. The number of hydrogen-bond acceptors (Lipinski definition) is 3. The molecule has 2 nitrogen and oxygen atoms in total. The van der Waals surface area contributed by atoms with Gasteiger partial charge >= 0.3 is 0 Å². The SMILES string of the molecule is C=CCC/C(C)=C\C[C@H](O)/C(C)=C/c1csc(C)n1. The van der Waals surface area contributed by atoms with E-state index in [2.05, 4.69) is 24.6 Å². The Morgan fingerprint density at radius 2 is 2.26 bits per heavy atom. The predicted molar refractivity (Wildman–Crippen MR) is 84.3 cm³/mol. The van der Waals surface area contributed by atoms with Gasteiger partial charge < -0.3 is 5.11 Å². The summed E-state index contributed by atoms with van der Waals surface area (Å²) < 4.78 is 0. The molecule has 0 aromatic carbocycles. The van der Waals surface area contributed by atoms with Gasteiger partial charge in [-0.1, -0.05) is 17.7 Å². The monoisotopic (exact) mass is 277 g/mol. The van der Waals surface area contributed by atoms with Crippen LogP contribution in [-0.2, 0) is 0 Å². The second kappa shape index (κ2) is 8.08. The number of hydrogen-bond donors (Lipinski definition) is 1. The van der Waals surface area contributed by atoms with Crippen molar-refractivity contribution in [2.24, 2.45) is 0 Å². The third-order valence-corrected chi connectivity index (χ3v) is 3.76. The van der Waals surface area contributed by atoms with Crippen LogP contribution in [-0.4, -0.2) is 16.2 Å². The molecule has 0 fully saturated rings. The molecule has 3 heteroatoms. The van der Waals surface area contributed by atoms with Crippen LogP contribution in [0.1, 0.15) is 43.8 Å². The Morgan fingerprint density at radius 3 is 2.84 bits per heavy atom. The van der Waals surface area contributed by atoms with Gasteiger partial charge in [0.1, 0.15) is 0 Å². The van der Waals surface area contributed by atoms with Crippen LogP contribution in [0, 0.1) is 6.92 Å². The van der Waals surface area contributed by atoms with Gasteiger partial charge in [-0.25, -0.2) is 4.98 Å². The third-order valence-electron chi connectivity index (χ3n) is 2.97. The first-order valence-electron chi connectivity index (χ1n) is 6.58. The van der Waals surface area contributed by atoms with Gasteiger partial charge in [-0.2, -0.15) is 0 Å². The Labute approximate surface area is 120 Å². The van der Waals surface area contributed by atoms with Crippen LogP contribution >= 0.6 is 11.3 Å². The topological polar surface area (TPSA) is 33.1 Å². The van der Waals surface area contributed by atoms with E-state index in [1.54, 1.807) is 11.3 Å². The number of aliphatic hydroxyl groups is 1. The molecule has 0 aliphatic heterocycles. The number of nitrogens with zero attached hydrogens (tertiary/aromatic N) is 1. The number of aliphatic hydroxyl groups excluding tert-OH is 1. The first-order valence-corrected chi connectivity index (χ1v) is 7.45. The molecule has 0 unspecified atom stereocenters. The van der Waals surface area contributed by atoms with E-state index in [9.17, 15) is 5.11 Å². The highest BCUT2D eigenvalue weighted by atomic mass is 32.1. The van der Waals surface area contributed by atoms with E-state index < -0.39 is 6.10 Å². The van der Waals surface area contributed by atoms with E-state index in [0.29, 0.717) is 6.42 Å². The molecule has 1 atom stereocenters. The van der Waals surface area contributed by atoms with Crippen LogP contribution in [0.3, 0.4) is 0 Å². The summed E-state index contributed by atoms with van der Waals surface area (Å²) in [6.07, 6.45) is 8.23. The highest BCUT2D eigenvalue weighted by molar-refractivity contribution is 7.09. The number of aryl methyl sites for hydroxylation is 1. The lowest BCUT2D eigenvalue weighted by Gasteiger charge is -2.09. The second-order valence-corrected chi connectivity index (χ2v) is 5.87. The number of allylic oxidation sites excluding steroid dienone is 2. The third kappa shape index (κ3) is 5.99. The molecule has 104 valence electrons. The lowest BCUT2D eigenvalue weighted by Crippen LogP contribution is -2.06. The lowest BCUT2D eigenvalue weighted by atomic mass is 10.0. The van der Waals surface area contributed by atoms with Crippen molar-refractivity contribution in [3.05, 3.63) is 46.0 Å². The Morgan fingerprint density at radius 1 is 1.53 bits per heavy atom. The molecule has 0 aliphatic carbocycles. The van der Waals surface area contributed by atoms with Crippen molar-refractivity contribution >= 4 is 17.4 Å². The minimum atomic E-state index is -0.430. The standard InChI is InChI=1S/C16H23NOS/c1-5-6-7-12(2)8-9-16(18)13(3)10-15-11-19-14(4)17-15/h5,8,10-11,16,18H,1,6-7,9H2,2-4H3/b12-8-,13-10+/t16-/m0/s1. The largest absolute Gasteiger partial charge is 0.388 e. The van der Waals surface area contributed by atoms with E-state index in [-0.39, 0.29) is 0 Å². The Hall–Kier alpha value is -1.19. The predicted octanol–water partition coefficient (Wildman–Crippen LogP) is 4.52. The fraction of sp³-hybridized carbons (Fsp3) is 0.438. The summed E-state index contributed by atoms with van der Waals surface area (Å²) in [4.78, 5) is 4.37. The smallest absolute Gasteiger partial charge is 0.0901 e. The van der Waals surface area contributed by atoms with E-state index in [1.807, 2.05) is 31.4 Å². The van der Waals surface area contributed by atoms with Gasteiger partial charge in [0, 0.05) is 5.38 Å². The van der Waals surface area contributed by atoms with Crippen molar-refractivity contribution in [3.8, 4) is 0 Å². The molecule has 1 rings (SSSR count). The maximum atomic E-state index is 10.1. The van der Waals surface area contributed by atoms with Gasteiger partial charge in [0.25, 0.3) is 0 Å². The molecular formula is C16H23NOS. The number of rotatable bonds is 7. The van der Waals surface area contributed by atoms with Crippen LogP contribution in [0.25, 0.3) is 6.08 Å². The van der Waals surface area contributed by atoms with Crippen molar-refractivity contribution in [1.82, 2.24) is 4.98 Å². The molecule has 0 radical (unpaired) electrons. The molecule has 1 aromatic heterocycles. The van der Waals surface area contributed by atoms with Crippen molar-refractivity contribution in [1.29, 1.82) is 0 Å². The highest BCUT2D eigenvalue weighted by Gasteiger charge is 2.06. The molecule has 19 heavy (non-hydrogen) atoms. The molecular weight excluding hydrogens is 254 g/mol. The fourth-order valence-corrected chi connectivity index (χ4v) is 2.28. The minimum absolute atomic E-state index is 0.430. The summed E-state index contributed by atoms with van der Waals surface area (Å²) in [5.41, 5.74) is 3.20. The molecule has 1 N–H and O–H groups in total. The van der Waals surface area contributed by atoms with Gasteiger partial charge in [0.2, 0.25) is 0 Å². The first kappa shape index (κ1) is 15.9. The number of thiazole rings is 1. The van der Waals surface area contributed by atoms with Crippen LogP contribution in [0.4, 0.5) is 0 Å². The Balaban J connectivity index is 2.55. The van der Waals surface area contributed by atoms with Gasteiger partial charge in [0.05, 0.1) is 16.8 Å². The maximum Gasteiger partial charge on any atom is 0.0901 e. The normalized spacial score (nSPS) is 14.5. The van der Waals surface area contributed by atoms with Gasteiger partial charge in [-0.15, -0.1) is 17.9 Å². The first-order chi connectivity index (χ1) is 9.02. The molecule has 1 heterocycles. The van der Waals surface area contributed by atoms with Gasteiger partial charge in [-0.05, 0) is 51.7 Å². The number of aromatic nitrogens is 1. The quantitative estimate of drug-likeness (QED) is 0.743. The summed E-state index contributed by atoms with van der Waals surface area (Å²) in [6, 6.07) is 0. The molecule has 1 aromatic rings. The molecule has 0 saturated heterocycles. The Bertz CT molecular complexity index is 471. The van der Waals surface area contributed by atoms with Crippen molar-refractivity contribution in [2.45, 2.75) is 46.1 Å². The summed E-state index contributed by atoms with van der Waals surface area (Å²) in [5.74, 6) is 0. The fourth-order valence-electron chi connectivity index (χ4n) is 1.71. The van der Waals surface area contributed by atoms with Gasteiger partial charge in [-0.3, -0.25) is 0 Å². The molecule has 0 bridgehead atoms. The summed E-state index contributed by atoms with van der Waals surface area (Å²) in [5, 5.41) is 13.2. The zero-order chi connectivity index (χ0) is 14.3. The summed E-state index contributed by atoms with van der Waals surface area (Å²) in [7, 11) is 0. The zero-order valence-corrected chi connectivity index (χ0v) is 12.8. The van der Waals surface area contributed by atoms with Crippen LogP contribution in [0.2, 0.25) is 0 Å². The summed E-state index contributed by atoms with van der Waals surface area (Å²) in [6.45, 7) is 9.75.